The highest BCUT2D eigenvalue weighted by Gasteiger charge is 2.31. The number of sulfonamides is 1. The second kappa shape index (κ2) is 13.7. The molecule has 2 aromatic rings. The fraction of sp³-hybridized carbons (Fsp3) is 0.500. The molecule has 1 fully saturated rings. The van der Waals surface area contributed by atoms with Crippen molar-refractivity contribution in [3.63, 3.8) is 0 Å². The van der Waals surface area contributed by atoms with Crippen molar-refractivity contribution in [2.75, 3.05) is 17.1 Å². The summed E-state index contributed by atoms with van der Waals surface area (Å²) in [5, 5.41) is 3.96. The summed E-state index contributed by atoms with van der Waals surface area (Å²) in [5.74, 6) is -0.444. The van der Waals surface area contributed by atoms with Gasteiger partial charge in [0.25, 0.3) is 0 Å². The van der Waals surface area contributed by atoms with Gasteiger partial charge in [-0.25, -0.2) is 8.42 Å². The third-order valence-electron chi connectivity index (χ3n) is 6.92. The van der Waals surface area contributed by atoms with E-state index in [4.69, 9.17) is 23.2 Å². The molecule has 0 radical (unpaired) electrons. The van der Waals surface area contributed by atoms with Gasteiger partial charge in [0.2, 0.25) is 21.8 Å². The van der Waals surface area contributed by atoms with Gasteiger partial charge in [-0.05, 0) is 62.4 Å². The van der Waals surface area contributed by atoms with Gasteiger partial charge >= 0.3 is 0 Å². The summed E-state index contributed by atoms with van der Waals surface area (Å²) in [5.41, 5.74) is 2.07. The average molecular weight is 583 g/mol. The topological polar surface area (TPSA) is 86.8 Å². The molecular formula is C28H37Cl2N3O4S. The van der Waals surface area contributed by atoms with Crippen molar-refractivity contribution in [2.45, 2.75) is 77.4 Å². The van der Waals surface area contributed by atoms with E-state index >= 15 is 0 Å². The number of amides is 2. The maximum atomic E-state index is 13.6. The molecule has 0 bridgehead atoms. The molecule has 38 heavy (non-hydrogen) atoms. The van der Waals surface area contributed by atoms with Crippen LogP contribution in [0, 0.1) is 6.92 Å². The Morgan fingerprint density at radius 3 is 2.29 bits per heavy atom. The number of carbonyl (C=O) groups excluding carboxylic acids is 2. The first-order chi connectivity index (χ1) is 18.0. The molecule has 1 N–H and O–H groups in total. The van der Waals surface area contributed by atoms with Crippen molar-refractivity contribution in [1.82, 2.24) is 10.2 Å². The molecule has 2 amide bonds. The molecule has 1 atom stereocenters. The molecule has 3 rings (SSSR count). The highest BCUT2D eigenvalue weighted by molar-refractivity contribution is 7.92. The molecule has 10 heteroatoms. The smallest absolute Gasteiger partial charge is 0.243 e. The number of halogens is 2. The second-order valence-corrected chi connectivity index (χ2v) is 12.6. The fourth-order valence-corrected chi connectivity index (χ4v) is 6.40. The summed E-state index contributed by atoms with van der Waals surface area (Å²) in [6.07, 6.45) is 5.96. The van der Waals surface area contributed by atoms with Crippen LogP contribution in [0.25, 0.3) is 0 Å². The van der Waals surface area contributed by atoms with Gasteiger partial charge in [-0.3, -0.25) is 13.9 Å². The van der Waals surface area contributed by atoms with Gasteiger partial charge in [0.05, 0.1) is 11.9 Å². The van der Waals surface area contributed by atoms with Crippen molar-refractivity contribution >= 4 is 50.7 Å². The first-order valence-electron chi connectivity index (χ1n) is 13.1. The molecule has 0 spiro atoms. The van der Waals surface area contributed by atoms with E-state index in [1.54, 1.807) is 36.4 Å². The molecule has 2 aromatic carbocycles. The Balaban J connectivity index is 1.80. The molecule has 1 aliphatic carbocycles. The van der Waals surface area contributed by atoms with Crippen molar-refractivity contribution < 1.29 is 18.0 Å². The van der Waals surface area contributed by atoms with E-state index in [-0.39, 0.29) is 43.8 Å². The summed E-state index contributed by atoms with van der Waals surface area (Å²) in [4.78, 5) is 28.5. The predicted molar refractivity (Wildman–Crippen MR) is 154 cm³/mol. The molecule has 1 aliphatic rings. The summed E-state index contributed by atoms with van der Waals surface area (Å²) in [6.45, 7) is 3.99. The van der Waals surface area contributed by atoms with E-state index < -0.39 is 16.1 Å². The second-order valence-electron chi connectivity index (χ2n) is 9.91. The lowest BCUT2D eigenvalue weighted by atomic mass is 10.1. The third kappa shape index (κ3) is 8.10. The Labute approximate surface area is 236 Å². The monoisotopic (exact) mass is 581 g/mol. The van der Waals surface area contributed by atoms with Gasteiger partial charge in [-0.1, -0.05) is 61.2 Å². The van der Waals surface area contributed by atoms with E-state index in [2.05, 4.69) is 5.32 Å². The zero-order chi connectivity index (χ0) is 27.9. The van der Waals surface area contributed by atoms with Gasteiger partial charge in [-0.2, -0.15) is 0 Å². The zero-order valence-corrected chi connectivity index (χ0v) is 24.6. The highest BCUT2D eigenvalue weighted by Crippen LogP contribution is 2.28. The SMILES string of the molecule is CC[C@@H](C(=O)NC1CCCC1)N(Cc1c(Cl)cccc1Cl)C(=O)CCCN(c1cccc(C)c1)S(C)(=O)=O. The standard InChI is InChI=1S/C28H37Cl2N3O4S/c1-4-26(28(35)31-21-11-5-6-12-21)32(19-23-24(29)14-8-15-25(23)30)27(34)16-9-17-33(38(3,36)37)22-13-7-10-20(2)18-22/h7-8,10,13-15,18,21,26H,4-6,9,11-12,16-17,19H2,1-3H3,(H,31,35)/t26-/m0/s1. The molecule has 0 saturated heterocycles. The first kappa shape index (κ1) is 30.3. The van der Waals surface area contributed by atoms with Crippen molar-refractivity contribution in [2.24, 2.45) is 0 Å². The van der Waals surface area contributed by atoms with Crippen LogP contribution < -0.4 is 9.62 Å². The zero-order valence-electron chi connectivity index (χ0n) is 22.3. The van der Waals surface area contributed by atoms with E-state index in [9.17, 15) is 18.0 Å². The van der Waals surface area contributed by atoms with E-state index in [0.717, 1.165) is 37.5 Å². The van der Waals surface area contributed by atoms with E-state index in [0.29, 0.717) is 27.7 Å². The number of anilines is 1. The molecule has 7 nitrogen and oxygen atoms in total. The Hall–Kier alpha value is -2.29. The fourth-order valence-electron chi connectivity index (χ4n) is 4.93. The summed E-state index contributed by atoms with van der Waals surface area (Å²) < 4.78 is 26.4. The Kier molecular flexibility index (Phi) is 10.9. The maximum absolute atomic E-state index is 13.6. The van der Waals surface area contributed by atoms with E-state index in [1.165, 1.54) is 9.21 Å². The Morgan fingerprint density at radius 2 is 1.71 bits per heavy atom. The van der Waals surface area contributed by atoms with Crippen LogP contribution >= 0.6 is 23.2 Å². The molecule has 208 valence electrons. The Bertz CT molecular complexity index is 1210. The van der Waals surface area contributed by atoms with Crippen LogP contribution in [0.15, 0.2) is 42.5 Å². The molecule has 0 aliphatic heterocycles. The van der Waals surface area contributed by atoms with Gasteiger partial charge < -0.3 is 10.2 Å². The number of hydrogen-bond donors (Lipinski definition) is 1. The number of nitrogens with one attached hydrogen (secondary N) is 1. The Morgan fingerprint density at radius 1 is 1.08 bits per heavy atom. The van der Waals surface area contributed by atoms with Crippen molar-refractivity contribution in [3.8, 4) is 0 Å². The van der Waals surface area contributed by atoms with Crippen LogP contribution in [0.2, 0.25) is 10.0 Å². The predicted octanol–water partition coefficient (Wildman–Crippen LogP) is 5.71. The summed E-state index contributed by atoms with van der Waals surface area (Å²) in [7, 11) is -3.55. The molecule has 0 unspecified atom stereocenters. The van der Waals surface area contributed by atoms with Crippen molar-refractivity contribution in [3.05, 3.63) is 63.6 Å². The largest absolute Gasteiger partial charge is 0.352 e. The van der Waals surface area contributed by atoms with Crippen LogP contribution in [-0.2, 0) is 26.2 Å². The van der Waals surface area contributed by atoms with Gasteiger partial charge in [-0.15, -0.1) is 0 Å². The van der Waals surface area contributed by atoms with Crippen LogP contribution in [-0.4, -0.2) is 50.0 Å². The number of rotatable bonds is 12. The average Bonchev–Trinajstić information content (AvgIpc) is 3.35. The van der Waals surface area contributed by atoms with Gasteiger partial charge in [0, 0.05) is 41.2 Å². The van der Waals surface area contributed by atoms with Crippen LogP contribution in [0.3, 0.4) is 0 Å². The van der Waals surface area contributed by atoms with Crippen LogP contribution in [0.5, 0.6) is 0 Å². The number of carbonyl (C=O) groups is 2. The third-order valence-corrected chi connectivity index (χ3v) is 8.82. The van der Waals surface area contributed by atoms with Crippen LogP contribution in [0.1, 0.15) is 63.0 Å². The van der Waals surface area contributed by atoms with Gasteiger partial charge in [0.1, 0.15) is 6.04 Å². The number of aryl methyl sites for hydroxylation is 1. The lowest BCUT2D eigenvalue weighted by Gasteiger charge is -2.32. The summed E-state index contributed by atoms with van der Waals surface area (Å²) in [6, 6.07) is 11.8. The van der Waals surface area contributed by atoms with Crippen LogP contribution in [0.4, 0.5) is 5.69 Å². The minimum absolute atomic E-state index is 0.0626. The molecular weight excluding hydrogens is 545 g/mol. The minimum atomic E-state index is -3.55. The van der Waals surface area contributed by atoms with E-state index in [1.807, 2.05) is 19.9 Å². The minimum Gasteiger partial charge on any atom is -0.352 e. The lowest BCUT2D eigenvalue weighted by molar-refractivity contribution is -0.141. The number of nitrogens with zero attached hydrogens (tertiary/aromatic N) is 2. The normalized spacial score (nSPS) is 14.8. The number of hydrogen-bond acceptors (Lipinski definition) is 4. The van der Waals surface area contributed by atoms with Gasteiger partial charge in [0.15, 0.2) is 0 Å². The maximum Gasteiger partial charge on any atom is 0.243 e. The number of benzene rings is 2. The lowest BCUT2D eigenvalue weighted by Crippen LogP contribution is -2.51. The first-order valence-corrected chi connectivity index (χ1v) is 15.7. The molecule has 1 saturated carbocycles. The molecule has 0 aromatic heterocycles. The van der Waals surface area contributed by atoms with Crippen molar-refractivity contribution in [1.29, 1.82) is 0 Å². The summed E-state index contributed by atoms with van der Waals surface area (Å²) >= 11 is 12.8. The highest BCUT2D eigenvalue weighted by atomic mass is 35.5. The molecule has 0 heterocycles. The quantitative estimate of drug-likeness (QED) is 0.347.